The molecule has 2 amide bonds. The van der Waals surface area contributed by atoms with Gasteiger partial charge in [0.2, 0.25) is 12.0 Å². The van der Waals surface area contributed by atoms with Crippen LogP contribution in [0.4, 0.5) is 11.4 Å². The molecule has 2 aromatic carbocycles. The molecular formula is C19H15N5O7. The van der Waals surface area contributed by atoms with Crippen molar-refractivity contribution < 1.29 is 29.1 Å². The number of non-ortho nitro benzene ring substituents is 1. The van der Waals surface area contributed by atoms with Gasteiger partial charge >= 0.3 is 0 Å². The molecule has 0 radical (unpaired) electrons. The Kier molecular flexibility index (Phi) is 5.18. The predicted octanol–water partition coefficient (Wildman–Crippen LogP) is 2.35. The number of hydrogen-bond donors (Lipinski definition) is 3. The van der Waals surface area contributed by atoms with Crippen molar-refractivity contribution in [3.8, 4) is 17.4 Å². The van der Waals surface area contributed by atoms with E-state index in [2.05, 4.69) is 20.5 Å². The van der Waals surface area contributed by atoms with Crippen molar-refractivity contribution in [2.75, 3.05) is 13.2 Å². The molecule has 3 N–H and O–H groups in total. The van der Waals surface area contributed by atoms with Gasteiger partial charge in [-0.2, -0.15) is 0 Å². The monoisotopic (exact) mass is 425 g/mol. The average Bonchev–Trinajstić information content (AvgIpc) is 3.09. The van der Waals surface area contributed by atoms with Crippen LogP contribution in [-0.4, -0.2) is 46.1 Å². The van der Waals surface area contributed by atoms with Gasteiger partial charge in [-0.1, -0.05) is 12.1 Å². The van der Waals surface area contributed by atoms with Crippen LogP contribution in [0.5, 0.6) is 17.4 Å². The van der Waals surface area contributed by atoms with E-state index in [1.807, 2.05) is 0 Å². The Morgan fingerprint density at radius 1 is 1.26 bits per heavy atom. The summed E-state index contributed by atoms with van der Waals surface area (Å²) >= 11 is 0. The molecule has 2 heterocycles. The summed E-state index contributed by atoms with van der Waals surface area (Å²) in [6, 6.07) is 10.7. The molecular weight excluding hydrogens is 410 g/mol. The standard InChI is InChI=1S/C19H15N5O7/c25-16(8-20-18(26)15-9-30-13-3-1-2-4-14(13)31-15)22-23-17-11-7-10(24(28)29)5-6-12(11)21-19(17)27/h1-7,15,21,27H,8-9H2,(H,20,26). The van der Waals surface area contributed by atoms with E-state index in [0.29, 0.717) is 17.0 Å². The third-order valence-electron chi connectivity index (χ3n) is 4.42. The number of azo groups is 1. The van der Waals surface area contributed by atoms with E-state index >= 15 is 0 Å². The second-order valence-corrected chi connectivity index (χ2v) is 6.48. The molecule has 12 nitrogen and oxygen atoms in total. The number of para-hydroxylation sites is 2. The Morgan fingerprint density at radius 2 is 2.03 bits per heavy atom. The van der Waals surface area contributed by atoms with Gasteiger partial charge in [-0.15, -0.1) is 10.2 Å². The highest BCUT2D eigenvalue weighted by molar-refractivity contribution is 5.96. The first-order valence-electron chi connectivity index (χ1n) is 9.02. The summed E-state index contributed by atoms with van der Waals surface area (Å²) in [5.74, 6) is -0.824. The quantitative estimate of drug-likeness (QED) is 0.320. The molecule has 1 unspecified atom stereocenters. The molecule has 0 bridgehead atoms. The molecule has 0 fully saturated rings. The number of carbonyl (C=O) groups is 2. The third-order valence-corrected chi connectivity index (χ3v) is 4.42. The highest BCUT2D eigenvalue weighted by Crippen LogP contribution is 2.37. The number of ether oxygens (including phenoxy) is 2. The van der Waals surface area contributed by atoms with Crippen LogP contribution in [0.2, 0.25) is 0 Å². The zero-order valence-corrected chi connectivity index (χ0v) is 15.8. The average molecular weight is 425 g/mol. The molecule has 1 aliphatic rings. The molecule has 0 saturated carbocycles. The molecule has 0 aliphatic carbocycles. The van der Waals surface area contributed by atoms with Crippen molar-refractivity contribution in [3.63, 3.8) is 0 Å². The first kappa shape index (κ1) is 19.8. The maximum Gasteiger partial charge on any atom is 0.283 e. The molecule has 3 aromatic rings. The van der Waals surface area contributed by atoms with Gasteiger partial charge in [-0.3, -0.25) is 19.7 Å². The molecule has 158 valence electrons. The number of nitrogens with one attached hydrogen (secondary N) is 2. The summed E-state index contributed by atoms with van der Waals surface area (Å²) in [5, 5.41) is 30.6. The van der Waals surface area contributed by atoms with E-state index in [4.69, 9.17) is 9.47 Å². The number of hydrogen-bond acceptors (Lipinski definition) is 8. The van der Waals surface area contributed by atoms with Crippen molar-refractivity contribution in [1.82, 2.24) is 10.3 Å². The minimum absolute atomic E-state index is 0.0133. The maximum absolute atomic E-state index is 12.2. The number of amides is 2. The van der Waals surface area contributed by atoms with Crippen LogP contribution in [0.25, 0.3) is 10.9 Å². The van der Waals surface area contributed by atoms with Crippen molar-refractivity contribution >= 4 is 34.1 Å². The molecule has 1 aromatic heterocycles. The number of fused-ring (bicyclic) bond motifs is 2. The summed E-state index contributed by atoms with van der Waals surface area (Å²) < 4.78 is 11.0. The highest BCUT2D eigenvalue weighted by Gasteiger charge is 2.27. The Labute approximate surface area is 173 Å². The first-order chi connectivity index (χ1) is 14.9. The van der Waals surface area contributed by atoms with Crippen LogP contribution >= 0.6 is 0 Å². The van der Waals surface area contributed by atoms with Gasteiger partial charge in [0, 0.05) is 17.5 Å². The number of aromatic hydroxyl groups is 1. The predicted molar refractivity (Wildman–Crippen MR) is 106 cm³/mol. The van der Waals surface area contributed by atoms with Crippen molar-refractivity contribution in [3.05, 3.63) is 52.6 Å². The lowest BCUT2D eigenvalue weighted by Crippen LogP contribution is -2.45. The number of aromatic nitrogens is 1. The molecule has 31 heavy (non-hydrogen) atoms. The minimum atomic E-state index is -0.933. The van der Waals surface area contributed by atoms with Gasteiger partial charge in [0.1, 0.15) is 13.2 Å². The summed E-state index contributed by atoms with van der Waals surface area (Å²) in [7, 11) is 0. The lowest BCUT2D eigenvalue weighted by molar-refractivity contribution is -0.384. The first-order valence-corrected chi connectivity index (χ1v) is 9.02. The number of aromatic amines is 1. The Balaban J connectivity index is 1.39. The number of carbonyl (C=O) groups excluding carboxylic acids is 2. The van der Waals surface area contributed by atoms with Gasteiger partial charge in [-0.25, -0.2) is 0 Å². The maximum atomic E-state index is 12.2. The van der Waals surface area contributed by atoms with Crippen LogP contribution in [0.15, 0.2) is 52.7 Å². The molecule has 1 aliphatic heterocycles. The summed E-state index contributed by atoms with van der Waals surface area (Å²) in [4.78, 5) is 37.2. The van der Waals surface area contributed by atoms with E-state index < -0.39 is 35.3 Å². The van der Waals surface area contributed by atoms with Gasteiger partial charge in [-0.05, 0) is 18.2 Å². The second kappa shape index (κ2) is 8.10. The van der Waals surface area contributed by atoms with Gasteiger partial charge < -0.3 is 24.9 Å². The van der Waals surface area contributed by atoms with Crippen molar-refractivity contribution in [2.24, 2.45) is 10.2 Å². The number of nitrogens with zero attached hydrogens (tertiary/aromatic N) is 3. The second-order valence-electron chi connectivity index (χ2n) is 6.48. The van der Waals surface area contributed by atoms with E-state index in [0.717, 1.165) is 0 Å². The Morgan fingerprint density at radius 3 is 2.81 bits per heavy atom. The van der Waals surface area contributed by atoms with Gasteiger partial charge in [0.25, 0.3) is 17.5 Å². The lowest BCUT2D eigenvalue weighted by Gasteiger charge is -2.25. The third kappa shape index (κ3) is 4.12. The van der Waals surface area contributed by atoms with Crippen LogP contribution < -0.4 is 14.8 Å². The lowest BCUT2D eigenvalue weighted by atomic mass is 10.2. The van der Waals surface area contributed by atoms with E-state index in [1.54, 1.807) is 24.3 Å². The topological polar surface area (TPSA) is 169 Å². The zero-order chi connectivity index (χ0) is 22.0. The summed E-state index contributed by atoms with van der Waals surface area (Å²) in [6.07, 6.45) is -0.933. The van der Waals surface area contributed by atoms with E-state index in [1.165, 1.54) is 18.2 Å². The SMILES string of the molecule is O=C(CNC(=O)C1COc2ccccc2O1)N=Nc1c(O)[nH]c2ccc([N+](=O)[O-])cc12. The zero-order valence-electron chi connectivity index (χ0n) is 15.8. The van der Waals surface area contributed by atoms with E-state index in [9.17, 15) is 24.8 Å². The Hall–Kier alpha value is -4.48. The van der Waals surface area contributed by atoms with Crippen LogP contribution in [0, 0.1) is 10.1 Å². The van der Waals surface area contributed by atoms with Crippen molar-refractivity contribution in [2.45, 2.75) is 6.10 Å². The fourth-order valence-electron chi connectivity index (χ4n) is 2.93. The molecule has 0 saturated heterocycles. The Bertz CT molecular complexity index is 1220. The molecule has 12 heteroatoms. The molecule has 1 atom stereocenters. The number of H-pyrrole nitrogens is 1. The number of nitro benzene ring substituents is 1. The van der Waals surface area contributed by atoms with Gasteiger partial charge in [0.05, 0.1) is 10.4 Å². The molecule has 4 rings (SSSR count). The summed E-state index contributed by atoms with van der Waals surface area (Å²) in [6.45, 7) is -0.479. The number of rotatable bonds is 5. The largest absolute Gasteiger partial charge is 0.493 e. The highest BCUT2D eigenvalue weighted by atomic mass is 16.6. The fourth-order valence-corrected chi connectivity index (χ4v) is 2.93. The molecule has 0 spiro atoms. The smallest absolute Gasteiger partial charge is 0.283 e. The fraction of sp³-hybridized carbons (Fsp3) is 0.158. The van der Waals surface area contributed by atoms with Crippen LogP contribution in [0.1, 0.15) is 0 Å². The minimum Gasteiger partial charge on any atom is -0.493 e. The number of nitro groups is 1. The van der Waals surface area contributed by atoms with E-state index in [-0.39, 0.29) is 23.4 Å². The normalized spacial score (nSPS) is 15.2. The summed E-state index contributed by atoms with van der Waals surface area (Å²) in [5.41, 5.74) is 0.0457. The van der Waals surface area contributed by atoms with Gasteiger partial charge in [0.15, 0.2) is 17.2 Å². The van der Waals surface area contributed by atoms with Crippen LogP contribution in [-0.2, 0) is 9.59 Å². The van der Waals surface area contributed by atoms with Crippen molar-refractivity contribution in [1.29, 1.82) is 0 Å². The van der Waals surface area contributed by atoms with Crippen LogP contribution in [0.3, 0.4) is 0 Å². The number of benzene rings is 2.